The van der Waals surface area contributed by atoms with Gasteiger partial charge in [0.1, 0.15) is 11.5 Å². The van der Waals surface area contributed by atoms with E-state index in [0.717, 1.165) is 10.8 Å². The summed E-state index contributed by atoms with van der Waals surface area (Å²) in [5.41, 5.74) is 0.0154. The molecule has 0 radical (unpaired) electrons. The molecular formula is C11H9FN2O3. The third-order valence-corrected chi connectivity index (χ3v) is 2.34. The van der Waals surface area contributed by atoms with Crippen molar-refractivity contribution < 1.29 is 14.3 Å². The largest absolute Gasteiger partial charge is 0.477 e. The van der Waals surface area contributed by atoms with Gasteiger partial charge in [0.25, 0.3) is 0 Å². The molecule has 0 fully saturated rings. The molecule has 0 amide bonds. The van der Waals surface area contributed by atoms with Crippen LogP contribution in [-0.2, 0) is 6.54 Å². The summed E-state index contributed by atoms with van der Waals surface area (Å²) in [7, 11) is 0. The van der Waals surface area contributed by atoms with Gasteiger partial charge in [0.05, 0.1) is 6.54 Å². The van der Waals surface area contributed by atoms with Crippen LogP contribution in [0.3, 0.4) is 0 Å². The standard InChI is InChI=1S/C11H9FN2O3/c12-8-3-1-7(2-4-8)6-14-9(10(15)16)5-13-11(14)17/h1-5H,6H2,(H,13,17)(H,15,16). The van der Waals surface area contributed by atoms with E-state index in [4.69, 9.17) is 5.11 Å². The van der Waals surface area contributed by atoms with E-state index in [2.05, 4.69) is 4.98 Å². The van der Waals surface area contributed by atoms with E-state index in [1.807, 2.05) is 0 Å². The Bertz CT molecular complexity index is 598. The summed E-state index contributed by atoms with van der Waals surface area (Å²) in [5.74, 6) is -1.57. The fourth-order valence-electron chi connectivity index (χ4n) is 1.50. The summed E-state index contributed by atoms with van der Waals surface area (Å²) in [5, 5.41) is 8.86. The van der Waals surface area contributed by atoms with Gasteiger partial charge in [0.2, 0.25) is 0 Å². The van der Waals surface area contributed by atoms with Crippen molar-refractivity contribution in [1.82, 2.24) is 9.55 Å². The first-order valence-corrected chi connectivity index (χ1v) is 4.84. The molecule has 0 atom stereocenters. The maximum atomic E-state index is 12.7. The number of aromatic nitrogens is 2. The minimum atomic E-state index is -1.19. The zero-order chi connectivity index (χ0) is 12.4. The average Bonchev–Trinajstić information content (AvgIpc) is 2.64. The number of halogens is 1. The predicted octanol–water partition coefficient (Wildman–Crippen LogP) is 1.06. The molecule has 1 aromatic carbocycles. The van der Waals surface area contributed by atoms with Crippen molar-refractivity contribution in [3.05, 3.63) is 58.0 Å². The summed E-state index contributed by atoms with van der Waals surface area (Å²) in [6.07, 6.45) is 1.13. The normalized spacial score (nSPS) is 10.4. The molecule has 0 bridgehead atoms. The molecule has 0 aliphatic heterocycles. The Kier molecular flexibility index (Phi) is 2.78. The lowest BCUT2D eigenvalue weighted by Crippen LogP contribution is -2.21. The lowest BCUT2D eigenvalue weighted by Gasteiger charge is -2.04. The van der Waals surface area contributed by atoms with Crippen LogP contribution in [0.15, 0.2) is 35.3 Å². The van der Waals surface area contributed by atoms with Crippen LogP contribution in [-0.4, -0.2) is 20.6 Å². The van der Waals surface area contributed by atoms with E-state index in [0.29, 0.717) is 5.56 Å². The van der Waals surface area contributed by atoms with Crippen molar-refractivity contribution in [3.63, 3.8) is 0 Å². The van der Waals surface area contributed by atoms with E-state index < -0.39 is 11.7 Å². The van der Waals surface area contributed by atoms with Crippen LogP contribution in [0.1, 0.15) is 16.1 Å². The summed E-state index contributed by atoms with van der Waals surface area (Å²) in [6.45, 7) is 0.0875. The number of carbonyl (C=O) groups is 1. The SMILES string of the molecule is O=C(O)c1c[nH]c(=O)n1Cc1ccc(F)cc1. The van der Waals surface area contributed by atoms with Gasteiger partial charge < -0.3 is 10.1 Å². The van der Waals surface area contributed by atoms with Crippen molar-refractivity contribution in [2.75, 3.05) is 0 Å². The van der Waals surface area contributed by atoms with Gasteiger partial charge in [-0.1, -0.05) is 12.1 Å². The van der Waals surface area contributed by atoms with E-state index in [1.165, 1.54) is 24.3 Å². The van der Waals surface area contributed by atoms with Crippen LogP contribution < -0.4 is 5.69 Å². The van der Waals surface area contributed by atoms with Crippen LogP contribution >= 0.6 is 0 Å². The molecule has 2 aromatic rings. The molecule has 88 valence electrons. The zero-order valence-corrected chi connectivity index (χ0v) is 8.68. The summed E-state index contributed by atoms with van der Waals surface area (Å²) < 4.78 is 13.8. The molecule has 0 aliphatic carbocycles. The van der Waals surface area contributed by atoms with Gasteiger partial charge >= 0.3 is 11.7 Å². The summed E-state index contributed by atoms with van der Waals surface area (Å²) >= 11 is 0. The van der Waals surface area contributed by atoms with Gasteiger partial charge in [0, 0.05) is 6.20 Å². The quantitative estimate of drug-likeness (QED) is 0.836. The lowest BCUT2D eigenvalue weighted by molar-refractivity contribution is 0.0685. The second kappa shape index (κ2) is 4.25. The fourth-order valence-corrected chi connectivity index (χ4v) is 1.50. The Balaban J connectivity index is 2.36. The highest BCUT2D eigenvalue weighted by Crippen LogP contribution is 2.06. The second-order valence-corrected chi connectivity index (χ2v) is 3.50. The lowest BCUT2D eigenvalue weighted by atomic mass is 10.2. The number of nitrogens with one attached hydrogen (secondary N) is 1. The monoisotopic (exact) mass is 236 g/mol. The van der Waals surface area contributed by atoms with Crippen LogP contribution in [0.4, 0.5) is 4.39 Å². The van der Waals surface area contributed by atoms with Gasteiger partial charge in [-0.15, -0.1) is 0 Å². The van der Waals surface area contributed by atoms with E-state index >= 15 is 0 Å². The molecule has 6 heteroatoms. The van der Waals surface area contributed by atoms with Crippen molar-refractivity contribution >= 4 is 5.97 Å². The number of H-pyrrole nitrogens is 1. The first-order valence-electron chi connectivity index (χ1n) is 4.84. The molecule has 2 N–H and O–H groups in total. The van der Waals surface area contributed by atoms with Gasteiger partial charge in [0.15, 0.2) is 0 Å². The first-order chi connectivity index (χ1) is 8.08. The molecule has 0 saturated heterocycles. The number of imidazole rings is 1. The minimum absolute atomic E-state index is 0.0875. The Hall–Kier alpha value is -2.37. The molecule has 1 heterocycles. The summed E-state index contributed by atoms with van der Waals surface area (Å²) in [4.78, 5) is 24.5. The maximum Gasteiger partial charge on any atom is 0.354 e. The highest BCUT2D eigenvalue weighted by molar-refractivity contribution is 5.85. The zero-order valence-electron chi connectivity index (χ0n) is 8.68. The predicted molar refractivity (Wildman–Crippen MR) is 57.5 cm³/mol. The van der Waals surface area contributed by atoms with Crippen molar-refractivity contribution in [1.29, 1.82) is 0 Å². The van der Waals surface area contributed by atoms with E-state index in [1.54, 1.807) is 0 Å². The molecule has 2 rings (SSSR count). The van der Waals surface area contributed by atoms with Crippen LogP contribution in [0, 0.1) is 5.82 Å². The number of hydrogen-bond donors (Lipinski definition) is 2. The van der Waals surface area contributed by atoms with Crippen molar-refractivity contribution in [2.45, 2.75) is 6.54 Å². The average molecular weight is 236 g/mol. The Morgan fingerprint density at radius 3 is 2.59 bits per heavy atom. The minimum Gasteiger partial charge on any atom is -0.477 e. The highest BCUT2D eigenvalue weighted by atomic mass is 19.1. The molecule has 0 unspecified atom stereocenters. The molecular weight excluding hydrogens is 227 g/mol. The highest BCUT2D eigenvalue weighted by Gasteiger charge is 2.12. The summed E-state index contributed by atoms with van der Waals surface area (Å²) in [6, 6.07) is 5.52. The second-order valence-electron chi connectivity index (χ2n) is 3.50. The molecule has 0 saturated carbocycles. The van der Waals surface area contributed by atoms with Gasteiger partial charge in [-0.05, 0) is 17.7 Å². The third kappa shape index (κ3) is 2.25. The number of aromatic amines is 1. The fraction of sp³-hybridized carbons (Fsp3) is 0.0909. The first kappa shape index (κ1) is 11.1. The number of carboxylic acid groups (broad SMARTS) is 1. The number of benzene rings is 1. The molecule has 5 nitrogen and oxygen atoms in total. The molecule has 17 heavy (non-hydrogen) atoms. The van der Waals surface area contributed by atoms with Crippen LogP contribution in [0.5, 0.6) is 0 Å². The van der Waals surface area contributed by atoms with Gasteiger partial charge in [-0.3, -0.25) is 4.57 Å². The Labute approximate surface area is 95.1 Å². The third-order valence-electron chi connectivity index (χ3n) is 2.34. The topological polar surface area (TPSA) is 75.1 Å². The smallest absolute Gasteiger partial charge is 0.354 e. The van der Waals surface area contributed by atoms with Gasteiger partial charge in [-0.25, -0.2) is 14.0 Å². The van der Waals surface area contributed by atoms with E-state index in [9.17, 15) is 14.0 Å². The number of aromatic carboxylic acids is 1. The number of hydrogen-bond acceptors (Lipinski definition) is 2. The Morgan fingerprint density at radius 2 is 2.00 bits per heavy atom. The van der Waals surface area contributed by atoms with Crippen molar-refractivity contribution in [2.24, 2.45) is 0 Å². The number of carboxylic acids is 1. The molecule has 0 aliphatic rings. The number of nitrogens with zero attached hydrogens (tertiary/aromatic N) is 1. The number of rotatable bonds is 3. The van der Waals surface area contributed by atoms with Crippen LogP contribution in [0.25, 0.3) is 0 Å². The van der Waals surface area contributed by atoms with E-state index in [-0.39, 0.29) is 18.1 Å². The molecule has 1 aromatic heterocycles. The maximum absolute atomic E-state index is 12.7. The molecule has 0 spiro atoms. The van der Waals surface area contributed by atoms with Crippen LogP contribution in [0.2, 0.25) is 0 Å². The van der Waals surface area contributed by atoms with Crippen molar-refractivity contribution in [3.8, 4) is 0 Å². The van der Waals surface area contributed by atoms with Gasteiger partial charge in [-0.2, -0.15) is 0 Å². The Morgan fingerprint density at radius 1 is 1.35 bits per heavy atom.